The molecule has 0 bridgehead atoms. The van der Waals surface area contributed by atoms with Gasteiger partial charge in [-0.05, 0) is 56.2 Å². The van der Waals surface area contributed by atoms with Gasteiger partial charge in [0.1, 0.15) is 5.75 Å². The Morgan fingerprint density at radius 1 is 1.44 bits per heavy atom. The smallest absolute Gasteiger partial charge is 0.137 e. The first kappa shape index (κ1) is 11.7. The highest BCUT2D eigenvalue weighted by Crippen LogP contribution is 2.39. The molecule has 0 aliphatic heterocycles. The molecule has 0 saturated carbocycles. The summed E-state index contributed by atoms with van der Waals surface area (Å²) in [5, 5.41) is 10.6. The van der Waals surface area contributed by atoms with Crippen LogP contribution >= 0.6 is 11.6 Å². The molecule has 16 heavy (non-hydrogen) atoms. The van der Waals surface area contributed by atoms with Gasteiger partial charge in [-0.15, -0.1) is 0 Å². The fraction of sp³-hybridized carbons (Fsp3) is 0.538. The molecular weight excluding hydrogens is 222 g/mol. The van der Waals surface area contributed by atoms with Gasteiger partial charge < -0.3 is 10.8 Å². The van der Waals surface area contributed by atoms with Gasteiger partial charge in [-0.1, -0.05) is 17.7 Å². The van der Waals surface area contributed by atoms with E-state index in [1.54, 1.807) is 0 Å². The molecule has 1 aromatic rings. The summed E-state index contributed by atoms with van der Waals surface area (Å²) >= 11 is 6.18. The maximum Gasteiger partial charge on any atom is 0.137 e. The van der Waals surface area contributed by atoms with E-state index in [1.165, 1.54) is 5.56 Å². The van der Waals surface area contributed by atoms with E-state index < -0.39 is 0 Å². The molecule has 1 aliphatic carbocycles. The molecule has 0 atom stereocenters. The molecule has 1 aromatic carbocycles. The van der Waals surface area contributed by atoms with Crippen molar-refractivity contribution in [3.8, 4) is 5.75 Å². The molecular formula is C13H18ClNO. The SMILES string of the molecule is CC(C)(N)Cc1cc2c(c(Cl)c1O)CCC2. The van der Waals surface area contributed by atoms with Crippen LogP contribution in [0.2, 0.25) is 5.02 Å². The summed E-state index contributed by atoms with van der Waals surface area (Å²) in [7, 11) is 0. The van der Waals surface area contributed by atoms with Gasteiger partial charge in [-0.2, -0.15) is 0 Å². The standard InChI is InChI=1S/C13H18ClNO/c1-13(2,15)7-9-6-8-4-3-5-10(8)11(14)12(9)16/h6,16H,3-5,7,15H2,1-2H3. The topological polar surface area (TPSA) is 46.2 Å². The van der Waals surface area contributed by atoms with Gasteiger partial charge in [-0.3, -0.25) is 0 Å². The zero-order valence-corrected chi connectivity index (χ0v) is 10.6. The van der Waals surface area contributed by atoms with Crippen LogP contribution in [0, 0.1) is 0 Å². The zero-order valence-electron chi connectivity index (χ0n) is 9.81. The van der Waals surface area contributed by atoms with Crippen molar-refractivity contribution >= 4 is 11.6 Å². The van der Waals surface area contributed by atoms with Crippen molar-refractivity contribution < 1.29 is 5.11 Å². The molecule has 0 unspecified atom stereocenters. The number of rotatable bonds is 2. The number of hydrogen-bond acceptors (Lipinski definition) is 2. The maximum absolute atomic E-state index is 10.0. The Balaban J connectivity index is 2.44. The second-order valence-corrected chi connectivity index (χ2v) is 5.73. The molecule has 0 heterocycles. The van der Waals surface area contributed by atoms with Crippen LogP contribution in [0.1, 0.15) is 37.0 Å². The molecule has 3 N–H and O–H groups in total. The van der Waals surface area contributed by atoms with Gasteiger partial charge in [-0.25, -0.2) is 0 Å². The molecule has 0 radical (unpaired) electrons. The number of aromatic hydroxyl groups is 1. The summed E-state index contributed by atoms with van der Waals surface area (Å²) in [6.45, 7) is 3.90. The van der Waals surface area contributed by atoms with E-state index in [0.29, 0.717) is 11.4 Å². The van der Waals surface area contributed by atoms with Crippen LogP contribution in [0.25, 0.3) is 0 Å². The Hall–Kier alpha value is -0.730. The highest BCUT2D eigenvalue weighted by Gasteiger charge is 2.22. The van der Waals surface area contributed by atoms with Crippen LogP contribution in [0.4, 0.5) is 0 Å². The van der Waals surface area contributed by atoms with E-state index in [-0.39, 0.29) is 11.3 Å². The van der Waals surface area contributed by atoms with Crippen LogP contribution in [-0.2, 0) is 19.3 Å². The van der Waals surface area contributed by atoms with Crippen molar-refractivity contribution in [2.45, 2.75) is 45.1 Å². The lowest BCUT2D eigenvalue weighted by molar-refractivity contribution is 0.449. The molecule has 0 amide bonds. The third kappa shape index (κ3) is 2.18. The van der Waals surface area contributed by atoms with E-state index in [1.807, 2.05) is 13.8 Å². The number of aryl methyl sites for hydroxylation is 1. The normalized spacial score (nSPS) is 15.2. The lowest BCUT2D eigenvalue weighted by Crippen LogP contribution is -2.34. The van der Waals surface area contributed by atoms with Gasteiger partial charge >= 0.3 is 0 Å². The van der Waals surface area contributed by atoms with Gasteiger partial charge in [0, 0.05) is 5.54 Å². The highest BCUT2D eigenvalue weighted by molar-refractivity contribution is 6.33. The van der Waals surface area contributed by atoms with Crippen molar-refractivity contribution in [2.24, 2.45) is 5.73 Å². The first-order chi connectivity index (χ1) is 7.38. The van der Waals surface area contributed by atoms with Crippen molar-refractivity contribution in [3.05, 3.63) is 27.8 Å². The Bertz CT molecular complexity index is 421. The van der Waals surface area contributed by atoms with Gasteiger partial charge in [0.2, 0.25) is 0 Å². The van der Waals surface area contributed by atoms with E-state index >= 15 is 0 Å². The summed E-state index contributed by atoms with van der Waals surface area (Å²) < 4.78 is 0. The van der Waals surface area contributed by atoms with E-state index in [0.717, 1.165) is 30.4 Å². The summed E-state index contributed by atoms with van der Waals surface area (Å²) in [5.41, 5.74) is 8.93. The maximum atomic E-state index is 10.0. The second-order valence-electron chi connectivity index (χ2n) is 5.35. The molecule has 2 nitrogen and oxygen atoms in total. The number of benzene rings is 1. The minimum Gasteiger partial charge on any atom is -0.506 e. The van der Waals surface area contributed by atoms with Crippen molar-refractivity contribution in [1.29, 1.82) is 0 Å². The molecule has 3 heteroatoms. The summed E-state index contributed by atoms with van der Waals surface area (Å²) in [5.74, 6) is 0.223. The molecule has 0 spiro atoms. The largest absolute Gasteiger partial charge is 0.506 e. The number of halogens is 1. The summed E-state index contributed by atoms with van der Waals surface area (Å²) in [6, 6.07) is 2.07. The predicted octanol–water partition coefficient (Wildman–Crippen LogP) is 2.81. The Morgan fingerprint density at radius 2 is 2.12 bits per heavy atom. The highest BCUT2D eigenvalue weighted by atomic mass is 35.5. The molecule has 1 aliphatic rings. The predicted molar refractivity (Wildman–Crippen MR) is 67.1 cm³/mol. The third-order valence-corrected chi connectivity index (χ3v) is 3.44. The quantitative estimate of drug-likeness (QED) is 0.834. The number of phenolic OH excluding ortho intramolecular Hbond substituents is 1. The fourth-order valence-corrected chi connectivity index (χ4v) is 2.70. The van der Waals surface area contributed by atoms with E-state index in [4.69, 9.17) is 17.3 Å². The van der Waals surface area contributed by atoms with Gasteiger partial charge in [0.05, 0.1) is 5.02 Å². The first-order valence-electron chi connectivity index (χ1n) is 5.69. The van der Waals surface area contributed by atoms with E-state index in [9.17, 15) is 5.11 Å². The lowest BCUT2D eigenvalue weighted by Gasteiger charge is -2.20. The molecule has 2 rings (SSSR count). The average Bonchev–Trinajstić information content (AvgIpc) is 2.59. The monoisotopic (exact) mass is 239 g/mol. The van der Waals surface area contributed by atoms with Crippen LogP contribution < -0.4 is 5.73 Å². The first-order valence-corrected chi connectivity index (χ1v) is 6.07. The number of phenols is 1. The van der Waals surface area contributed by atoms with Gasteiger partial charge in [0.25, 0.3) is 0 Å². The minimum absolute atomic E-state index is 0.223. The van der Waals surface area contributed by atoms with Crippen LogP contribution in [-0.4, -0.2) is 10.6 Å². The molecule has 88 valence electrons. The Labute approximate surface area is 101 Å². The molecule has 0 aromatic heterocycles. The average molecular weight is 240 g/mol. The summed E-state index contributed by atoms with van der Waals surface area (Å²) in [6.07, 6.45) is 3.82. The minimum atomic E-state index is -0.326. The fourth-order valence-electron chi connectivity index (χ4n) is 2.37. The zero-order chi connectivity index (χ0) is 11.9. The van der Waals surface area contributed by atoms with Gasteiger partial charge in [0.15, 0.2) is 0 Å². The summed E-state index contributed by atoms with van der Waals surface area (Å²) in [4.78, 5) is 0. The Kier molecular flexibility index (Phi) is 2.89. The molecule has 0 saturated heterocycles. The van der Waals surface area contributed by atoms with E-state index in [2.05, 4.69) is 6.07 Å². The van der Waals surface area contributed by atoms with Crippen molar-refractivity contribution in [3.63, 3.8) is 0 Å². The number of hydrogen-bond donors (Lipinski definition) is 2. The van der Waals surface area contributed by atoms with Crippen LogP contribution in [0.15, 0.2) is 6.07 Å². The van der Waals surface area contributed by atoms with Crippen molar-refractivity contribution in [1.82, 2.24) is 0 Å². The number of nitrogens with two attached hydrogens (primary N) is 1. The lowest BCUT2D eigenvalue weighted by atomic mass is 9.93. The van der Waals surface area contributed by atoms with Crippen LogP contribution in [0.5, 0.6) is 5.75 Å². The molecule has 0 fully saturated rings. The Morgan fingerprint density at radius 3 is 2.75 bits per heavy atom. The third-order valence-electron chi connectivity index (χ3n) is 3.03. The van der Waals surface area contributed by atoms with Crippen molar-refractivity contribution in [2.75, 3.05) is 0 Å². The van der Waals surface area contributed by atoms with Crippen LogP contribution in [0.3, 0.4) is 0 Å². The second kappa shape index (κ2) is 3.94. The number of fused-ring (bicyclic) bond motifs is 1.